The minimum absolute atomic E-state index is 0.102. The number of alkyl halides is 1. The molecule has 0 saturated heterocycles. The first-order chi connectivity index (χ1) is 10.1. The fourth-order valence-corrected chi connectivity index (χ4v) is 3.57. The highest BCUT2D eigenvalue weighted by Gasteiger charge is 2.16. The van der Waals surface area contributed by atoms with Crippen molar-refractivity contribution in [3.63, 3.8) is 0 Å². The molecule has 3 aromatic rings. The molecule has 1 atom stereocenters. The van der Waals surface area contributed by atoms with E-state index in [1.807, 2.05) is 19.9 Å². The van der Waals surface area contributed by atoms with Crippen LogP contribution >= 0.6 is 22.9 Å². The quantitative estimate of drug-likeness (QED) is 0.655. The van der Waals surface area contributed by atoms with E-state index < -0.39 is 0 Å². The lowest BCUT2D eigenvalue weighted by Gasteiger charge is -2.10. The zero-order chi connectivity index (χ0) is 15.0. The van der Waals surface area contributed by atoms with Crippen molar-refractivity contribution in [3.05, 3.63) is 45.7 Å². The third-order valence-corrected chi connectivity index (χ3v) is 4.79. The molecule has 0 spiro atoms. The second-order valence-electron chi connectivity index (χ2n) is 5.31. The van der Waals surface area contributed by atoms with E-state index >= 15 is 0 Å². The van der Waals surface area contributed by atoms with Crippen LogP contribution in [0.25, 0.3) is 11.0 Å². The normalized spacial score (nSPS) is 13.0. The lowest BCUT2D eigenvalue weighted by atomic mass is 10.2. The van der Waals surface area contributed by atoms with Crippen molar-refractivity contribution in [2.45, 2.75) is 39.1 Å². The summed E-state index contributed by atoms with van der Waals surface area (Å²) in [7, 11) is 0. The monoisotopic (exact) mass is 319 g/mol. The maximum absolute atomic E-state index is 6.32. The molecule has 0 bridgehead atoms. The van der Waals surface area contributed by atoms with Crippen molar-refractivity contribution in [2.75, 3.05) is 0 Å². The van der Waals surface area contributed by atoms with Crippen LogP contribution in [0.2, 0.25) is 0 Å². The van der Waals surface area contributed by atoms with Crippen LogP contribution < -0.4 is 0 Å². The molecule has 3 rings (SSSR count). The minimum Gasteiger partial charge on any atom is -0.326 e. The van der Waals surface area contributed by atoms with Crippen LogP contribution in [0.5, 0.6) is 0 Å². The van der Waals surface area contributed by atoms with E-state index in [4.69, 9.17) is 16.6 Å². The van der Waals surface area contributed by atoms with Gasteiger partial charge in [-0.1, -0.05) is 12.1 Å². The first kappa shape index (κ1) is 14.5. The topological polar surface area (TPSA) is 30.7 Å². The minimum atomic E-state index is -0.102. The molecule has 0 aliphatic carbocycles. The second kappa shape index (κ2) is 5.78. The van der Waals surface area contributed by atoms with Crippen molar-refractivity contribution < 1.29 is 0 Å². The number of aromatic nitrogens is 3. The molecule has 2 aromatic heterocycles. The summed E-state index contributed by atoms with van der Waals surface area (Å²) in [5, 5.41) is 3.16. The Labute approximate surface area is 133 Å². The lowest BCUT2D eigenvalue weighted by Crippen LogP contribution is -2.07. The van der Waals surface area contributed by atoms with E-state index in [1.165, 1.54) is 11.1 Å². The number of para-hydroxylation sites is 1. The van der Waals surface area contributed by atoms with Crippen LogP contribution in [-0.4, -0.2) is 14.5 Å². The van der Waals surface area contributed by atoms with Gasteiger partial charge in [0.25, 0.3) is 0 Å². The van der Waals surface area contributed by atoms with Gasteiger partial charge in [-0.2, -0.15) is 0 Å². The number of imidazole rings is 1. The maximum atomic E-state index is 6.32. The van der Waals surface area contributed by atoms with Gasteiger partial charge >= 0.3 is 0 Å². The van der Waals surface area contributed by atoms with Crippen molar-refractivity contribution in [2.24, 2.45) is 0 Å². The number of thiazole rings is 1. The molecule has 0 radical (unpaired) electrons. The fourth-order valence-electron chi connectivity index (χ4n) is 2.64. The van der Waals surface area contributed by atoms with Gasteiger partial charge in [-0.3, -0.25) is 0 Å². The van der Waals surface area contributed by atoms with Crippen LogP contribution in [-0.2, 0) is 13.0 Å². The van der Waals surface area contributed by atoms with E-state index in [2.05, 4.69) is 34.0 Å². The summed E-state index contributed by atoms with van der Waals surface area (Å²) in [6, 6.07) is 6.22. The predicted octanol–water partition coefficient (Wildman–Crippen LogP) is 4.65. The Balaban J connectivity index is 2.00. The number of hydrogen-bond donors (Lipinski definition) is 0. The van der Waals surface area contributed by atoms with E-state index in [1.54, 1.807) is 11.3 Å². The van der Waals surface area contributed by atoms with Crippen molar-refractivity contribution in [1.82, 2.24) is 14.5 Å². The molecule has 0 aliphatic heterocycles. The fraction of sp³-hybridized carbons (Fsp3) is 0.375. The molecule has 5 heteroatoms. The van der Waals surface area contributed by atoms with Gasteiger partial charge in [0.05, 0.1) is 21.4 Å². The smallest absolute Gasteiger partial charge is 0.127 e. The molecule has 0 N–H and O–H groups in total. The first-order valence-electron chi connectivity index (χ1n) is 7.07. The lowest BCUT2D eigenvalue weighted by molar-refractivity contribution is 0.665. The molecule has 1 aromatic carbocycles. The summed E-state index contributed by atoms with van der Waals surface area (Å²) in [6.45, 7) is 6.99. The van der Waals surface area contributed by atoms with Crippen molar-refractivity contribution in [3.8, 4) is 0 Å². The highest BCUT2D eigenvalue weighted by molar-refractivity contribution is 7.09. The van der Waals surface area contributed by atoms with Crippen LogP contribution in [0, 0.1) is 13.8 Å². The van der Waals surface area contributed by atoms with Gasteiger partial charge < -0.3 is 4.57 Å². The molecular formula is C16H18ClN3S. The Morgan fingerprint density at radius 2 is 2.10 bits per heavy atom. The Bertz CT molecular complexity index is 773. The largest absolute Gasteiger partial charge is 0.326 e. The van der Waals surface area contributed by atoms with E-state index in [0.717, 1.165) is 35.0 Å². The first-order valence-corrected chi connectivity index (χ1v) is 8.38. The molecule has 0 amide bonds. The molecule has 1 unspecified atom stereocenters. The van der Waals surface area contributed by atoms with Crippen molar-refractivity contribution >= 4 is 34.0 Å². The molecule has 21 heavy (non-hydrogen) atoms. The Morgan fingerprint density at radius 1 is 1.29 bits per heavy atom. The number of aryl methyl sites for hydroxylation is 4. The van der Waals surface area contributed by atoms with Gasteiger partial charge in [-0.25, -0.2) is 9.97 Å². The van der Waals surface area contributed by atoms with E-state index in [-0.39, 0.29) is 5.38 Å². The van der Waals surface area contributed by atoms with Gasteiger partial charge in [0.1, 0.15) is 5.82 Å². The number of halogens is 1. The van der Waals surface area contributed by atoms with Crippen LogP contribution in [0.15, 0.2) is 23.6 Å². The number of benzene rings is 1. The van der Waals surface area contributed by atoms with Crippen molar-refractivity contribution in [1.29, 1.82) is 0 Å². The average molecular weight is 320 g/mol. The van der Waals surface area contributed by atoms with E-state index in [9.17, 15) is 0 Å². The second-order valence-corrected chi connectivity index (χ2v) is 6.91. The molecular weight excluding hydrogens is 302 g/mol. The van der Waals surface area contributed by atoms with Gasteiger partial charge in [0.15, 0.2) is 0 Å². The number of rotatable bonds is 4. The average Bonchev–Trinajstić information content (AvgIpc) is 3.01. The number of fused-ring (bicyclic) bond motifs is 1. The zero-order valence-corrected chi connectivity index (χ0v) is 14.0. The van der Waals surface area contributed by atoms with Gasteiger partial charge in [0, 0.05) is 24.0 Å². The summed E-state index contributed by atoms with van der Waals surface area (Å²) in [5.41, 5.74) is 4.53. The van der Waals surface area contributed by atoms with Crippen LogP contribution in [0.1, 0.15) is 34.4 Å². The summed E-state index contributed by atoms with van der Waals surface area (Å²) in [4.78, 5) is 9.24. The molecule has 110 valence electrons. The Morgan fingerprint density at radius 3 is 2.76 bits per heavy atom. The number of hydrogen-bond acceptors (Lipinski definition) is 3. The molecule has 0 saturated carbocycles. The SMILES string of the molecule is Cc1csc(CCn2c(C(C)Cl)nc3cccc(C)c32)n1. The van der Waals surface area contributed by atoms with Crippen LogP contribution in [0.4, 0.5) is 0 Å². The zero-order valence-electron chi connectivity index (χ0n) is 12.4. The predicted molar refractivity (Wildman–Crippen MR) is 89.3 cm³/mol. The van der Waals surface area contributed by atoms with E-state index in [0.29, 0.717) is 0 Å². The molecule has 0 aliphatic rings. The summed E-state index contributed by atoms with van der Waals surface area (Å²) < 4.78 is 2.25. The van der Waals surface area contributed by atoms with Crippen LogP contribution in [0.3, 0.4) is 0 Å². The molecule has 2 heterocycles. The highest BCUT2D eigenvalue weighted by Crippen LogP contribution is 2.27. The number of nitrogens with zero attached hydrogens (tertiary/aromatic N) is 3. The molecule has 0 fully saturated rings. The van der Waals surface area contributed by atoms with Gasteiger partial charge in [-0.15, -0.1) is 22.9 Å². The van der Waals surface area contributed by atoms with Gasteiger partial charge in [0.2, 0.25) is 0 Å². The highest BCUT2D eigenvalue weighted by atomic mass is 35.5. The third-order valence-electron chi connectivity index (χ3n) is 3.57. The maximum Gasteiger partial charge on any atom is 0.127 e. The van der Waals surface area contributed by atoms with Gasteiger partial charge in [-0.05, 0) is 32.4 Å². The summed E-state index contributed by atoms with van der Waals surface area (Å²) >= 11 is 8.04. The summed E-state index contributed by atoms with van der Waals surface area (Å²) in [6.07, 6.45) is 0.912. The summed E-state index contributed by atoms with van der Waals surface area (Å²) in [5.74, 6) is 0.939. The Kier molecular flexibility index (Phi) is 4.00. The molecule has 3 nitrogen and oxygen atoms in total. The standard InChI is InChI=1S/C16H18ClN3S/c1-10-5-4-6-13-15(10)20(16(19-13)12(3)17)8-7-14-18-11(2)9-21-14/h4-6,9,12H,7-8H2,1-3H3. The Hall–Kier alpha value is -1.39. The third kappa shape index (κ3) is 2.83.